The summed E-state index contributed by atoms with van der Waals surface area (Å²) >= 11 is 6.00. The normalized spacial score (nSPS) is 10.3. The van der Waals surface area contributed by atoms with Gasteiger partial charge in [0.1, 0.15) is 0 Å². The van der Waals surface area contributed by atoms with E-state index in [2.05, 4.69) is 0 Å². The van der Waals surface area contributed by atoms with Crippen LogP contribution >= 0.6 is 11.6 Å². The van der Waals surface area contributed by atoms with Crippen LogP contribution in [0.15, 0.2) is 47.4 Å². The van der Waals surface area contributed by atoms with Crippen LogP contribution in [0.5, 0.6) is 0 Å². The summed E-state index contributed by atoms with van der Waals surface area (Å²) in [5, 5.41) is 9.43. The predicted molar refractivity (Wildman–Crippen MR) is 68.2 cm³/mol. The summed E-state index contributed by atoms with van der Waals surface area (Å²) < 4.78 is 1.32. The molecule has 0 bridgehead atoms. The van der Waals surface area contributed by atoms with E-state index in [1.54, 1.807) is 18.2 Å². The Morgan fingerprint density at radius 1 is 1.22 bits per heavy atom. The van der Waals surface area contributed by atoms with Crippen LogP contribution in [0, 0.1) is 0 Å². The Balaban J connectivity index is 2.40. The van der Waals surface area contributed by atoms with Crippen molar-refractivity contribution in [3.63, 3.8) is 0 Å². The minimum Gasteiger partial charge on any atom is -0.478 e. The molecule has 4 nitrogen and oxygen atoms in total. The van der Waals surface area contributed by atoms with Gasteiger partial charge in [0.05, 0.1) is 12.1 Å². The highest BCUT2D eigenvalue weighted by molar-refractivity contribution is 6.31. The third kappa shape index (κ3) is 2.60. The van der Waals surface area contributed by atoms with Crippen LogP contribution in [-0.4, -0.2) is 15.6 Å². The van der Waals surface area contributed by atoms with E-state index >= 15 is 0 Å². The molecule has 0 radical (unpaired) electrons. The first-order valence-corrected chi connectivity index (χ1v) is 5.63. The number of halogens is 1. The molecule has 2 rings (SSSR count). The highest BCUT2D eigenvalue weighted by Crippen LogP contribution is 2.15. The van der Waals surface area contributed by atoms with Crippen molar-refractivity contribution in [2.45, 2.75) is 6.54 Å². The van der Waals surface area contributed by atoms with E-state index < -0.39 is 5.97 Å². The number of carboxylic acids is 1. The van der Waals surface area contributed by atoms with Gasteiger partial charge in [-0.25, -0.2) is 4.79 Å². The molecular weight excluding hydrogens is 254 g/mol. The standard InChI is InChI=1S/C13H10ClNO3/c14-11-4-2-1-3-9(11)7-15-8-10(13(17)18)5-6-12(15)16/h1-6,8H,7H2,(H,17,18). The van der Waals surface area contributed by atoms with Gasteiger partial charge in [-0.1, -0.05) is 29.8 Å². The van der Waals surface area contributed by atoms with Crippen LogP contribution in [0.1, 0.15) is 15.9 Å². The minimum atomic E-state index is -1.07. The number of carboxylic acid groups (broad SMARTS) is 1. The van der Waals surface area contributed by atoms with Crippen molar-refractivity contribution in [3.05, 3.63) is 69.1 Å². The van der Waals surface area contributed by atoms with Gasteiger partial charge in [0.25, 0.3) is 5.56 Å². The zero-order valence-electron chi connectivity index (χ0n) is 9.34. The highest BCUT2D eigenvalue weighted by Gasteiger charge is 2.07. The van der Waals surface area contributed by atoms with Gasteiger partial charge in [-0.2, -0.15) is 0 Å². The maximum atomic E-state index is 11.6. The van der Waals surface area contributed by atoms with E-state index in [9.17, 15) is 9.59 Å². The van der Waals surface area contributed by atoms with Gasteiger partial charge in [-0.3, -0.25) is 4.79 Å². The van der Waals surface area contributed by atoms with Crippen LogP contribution < -0.4 is 5.56 Å². The van der Waals surface area contributed by atoms with E-state index in [1.807, 2.05) is 6.07 Å². The Bertz CT molecular complexity index is 649. The number of rotatable bonds is 3. The topological polar surface area (TPSA) is 59.3 Å². The number of aromatic nitrogens is 1. The van der Waals surface area contributed by atoms with Gasteiger partial charge in [0.2, 0.25) is 0 Å². The Labute approximate surface area is 108 Å². The van der Waals surface area contributed by atoms with E-state index in [4.69, 9.17) is 16.7 Å². The lowest BCUT2D eigenvalue weighted by molar-refractivity contribution is 0.0696. The number of hydrogen-bond acceptors (Lipinski definition) is 2. The van der Waals surface area contributed by atoms with Gasteiger partial charge in [0.15, 0.2) is 0 Å². The largest absolute Gasteiger partial charge is 0.478 e. The van der Waals surface area contributed by atoms with Crippen molar-refractivity contribution in [1.29, 1.82) is 0 Å². The molecule has 0 spiro atoms. The van der Waals surface area contributed by atoms with Crippen molar-refractivity contribution in [2.24, 2.45) is 0 Å². The fourth-order valence-electron chi connectivity index (χ4n) is 1.59. The third-order valence-corrected chi connectivity index (χ3v) is 2.90. The SMILES string of the molecule is O=C(O)c1ccc(=O)n(Cc2ccccc2Cl)c1. The molecule has 1 aromatic heterocycles. The second-order valence-corrected chi connectivity index (χ2v) is 4.19. The molecule has 0 saturated carbocycles. The zero-order chi connectivity index (χ0) is 13.1. The van der Waals surface area contributed by atoms with Crippen molar-refractivity contribution >= 4 is 17.6 Å². The highest BCUT2D eigenvalue weighted by atomic mass is 35.5. The lowest BCUT2D eigenvalue weighted by Gasteiger charge is -2.08. The zero-order valence-corrected chi connectivity index (χ0v) is 10.1. The fraction of sp³-hybridized carbons (Fsp3) is 0.0769. The van der Waals surface area contributed by atoms with Crippen molar-refractivity contribution in [1.82, 2.24) is 4.57 Å². The summed E-state index contributed by atoms with van der Waals surface area (Å²) in [6.07, 6.45) is 1.31. The van der Waals surface area contributed by atoms with Crippen molar-refractivity contribution < 1.29 is 9.90 Å². The summed E-state index contributed by atoms with van der Waals surface area (Å²) in [7, 11) is 0. The molecule has 1 heterocycles. The summed E-state index contributed by atoms with van der Waals surface area (Å²) in [4.78, 5) is 22.5. The van der Waals surface area contributed by atoms with Crippen molar-refractivity contribution in [3.8, 4) is 0 Å². The first-order valence-electron chi connectivity index (χ1n) is 5.25. The number of benzene rings is 1. The second-order valence-electron chi connectivity index (χ2n) is 3.78. The van der Waals surface area contributed by atoms with Gasteiger partial charge in [-0.05, 0) is 17.7 Å². The van der Waals surface area contributed by atoms with Gasteiger partial charge >= 0.3 is 5.97 Å². The van der Waals surface area contributed by atoms with Gasteiger partial charge in [0, 0.05) is 17.3 Å². The lowest BCUT2D eigenvalue weighted by Crippen LogP contribution is -2.20. The van der Waals surface area contributed by atoms with Gasteiger partial charge < -0.3 is 9.67 Å². The van der Waals surface area contributed by atoms with Crippen LogP contribution in [0.2, 0.25) is 5.02 Å². The maximum Gasteiger partial charge on any atom is 0.337 e. The molecule has 0 saturated heterocycles. The quantitative estimate of drug-likeness (QED) is 0.924. The molecule has 0 atom stereocenters. The molecule has 5 heteroatoms. The van der Waals surface area contributed by atoms with Crippen LogP contribution in [0.25, 0.3) is 0 Å². The van der Waals surface area contributed by atoms with Crippen LogP contribution in [0.4, 0.5) is 0 Å². The molecule has 1 aromatic carbocycles. The van der Waals surface area contributed by atoms with Crippen LogP contribution in [-0.2, 0) is 6.54 Å². The monoisotopic (exact) mass is 263 g/mol. The average Bonchev–Trinajstić information content (AvgIpc) is 2.34. The lowest BCUT2D eigenvalue weighted by atomic mass is 10.2. The van der Waals surface area contributed by atoms with E-state index in [-0.39, 0.29) is 17.7 Å². The molecule has 0 fully saturated rings. The molecule has 1 N–H and O–H groups in total. The Hall–Kier alpha value is -2.07. The first-order chi connectivity index (χ1) is 8.58. The van der Waals surface area contributed by atoms with E-state index in [0.717, 1.165) is 5.56 Å². The molecule has 0 unspecified atom stereocenters. The summed E-state index contributed by atoms with van der Waals surface area (Å²) in [6, 6.07) is 9.65. The maximum absolute atomic E-state index is 11.6. The first kappa shape index (κ1) is 12.4. The minimum absolute atomic E-state index is 0.0710. The Kier molecular flexibility index (Phi) is 3.48. The predicted octanol–water partition coefficient (Wildman–Crippen LogP) is 2.25. The van der Waals surface area contributed by atoms with Gasteiger partial charge in [-0.15, -0.1) is 0 Å². The molecule has 18 heavy (non-hydrogen) atoms. The summed E-state index contributed by atoms with van der Waals surface area (Å²) in [5.74, 6) is -1.07. The second kappa shape index (κ2) is 5.06. The van der Waals surface area contributed by atoms with Crippen LogP contribution in [0.3, 0.4) is 0 Å². The molecule has 0 aliphatic heterocycles. The number of hydrogen-bond donors (Lipinski definition) is 1. The number of carbonyl (C=O) groups is 1. The van der Waals surface area contributed by atoms with E-state index in [0.29, 0.717) is 5.02 Å². The molecule has 0 amide bonds. The fourth-order valence-corrected chi connectivity index (χ4v) is 1.79. The molecular formula is C13H10ClNO3. The summed E-state index contributed by atoms with van der Waals surface area (Å²) in [6.45, 7) is 0.250. The molecule has 2 aromatic rings. The molecule has 0 aliphatic carbocycles. The summed E-state index contributed by atoms with van der Waals surface area (Å²) in [5.41, 5.74) is 0.574. The smallest absolute Gasteiger partial charge is 0.337 e. The third-order valence-electron chi connectivity index (χ3n) is 2.53. The average molecular weight is 264 g/mol. The number of pyridine rings is 1. The van der Waals surface area contributed by atoms with E-state index in [1.165, 1.54) is 22.9 Å². The number of aromatic carboxylic acids is 1. The Morgan fingerprint density at radius 2 is 1.94 bits per heavy atom. The molecule has 92 valence electrons. The Morgan fingerprint density at radius 3 is 2.61 bits per heavy atom. The molecule has 0 aliphatic rings. The van der Waals surface area contributed by atoms with Crippen molar-refractivity contribution in [2.75, 3.05) is 0 Å². The number of nitrogens with zero attached hydrogens (tertiary/aromatic N) is 1.